The summed E-state index contributed by atoms with van der Waals surface area (Å²) >= 11 is 0. The molecule has 106 valence electrons. The second-order valence-electron chi connectivity index (χ2n) is 5.62. The maximum Gasteiger partial charge on any atom is 0.232 e. The molecule has 1 aromatic carbocycles. The van der Waals surface area contributed by atoms with E-state index >= 15 is 0 Å². The minimum Gasteiger partial charge on any atom is -0.330 e. The second kappa shape index (κ2) is 6.71. The zero-order valence-corrected chi connectivity index (χ0v) is 12.6. The Labute approximate surface area is 116 Å². The van der Waals surface area contributed by atoms with Crippen LogP contribution in [0.25, 0.3) is 0 Å². The van der Waals surface area contributed by atoms with E-state index in [4.69, 9.17) is 5.73 Å². The van der Waals surface area contributed by atoms with Gasteiger partial charge in [0.2, 0.25) is 5.91 Å². The molecule has 3 heteroatoms. The van der Waals surface area contributed by atoms with Gasteiger partial charge < -0.3 is 10.6 Å². The van der Waals surface area contributed by atoms with Crippen molar-refractivity contribution in [3.8, 4) is 0 Å². The Balaban J connectivity index is 3.08. The van der Waals surface area contributed by atoms with Gasteiger partial charge in [0.25, 0.3) is 0 Å². The third-order valence-electron chi connectivity index (χ3n) is 3.70. The number of carbonyl (C=O) groups excluding carboxylic acids is 1. The van der Waals surface area contributed by atoms with E-state index in [1.54, 1.807) is 0 Å². The summed E-state index contributed by atoms with van der Waals surface area (Å²) in [5.41, 5.74) is 7.39. The van der Waals surface area contributed by atoms with Crippen molar-refractivity contribution < 1.29 is 4.79 Å². The summed E-state index contributed by atoms with van der Waals surface area (Å²) < 4.78 is 0. The fourth-order valence-electron chi connectivity index (χ4n) is 1.96. The fraction of sp³-hybridized carbons (Fsp3) is 0.562. The zero-order chi connectivity index (χ0) is 14.5. The van der Waals surface area contributed by atoms with Crippen molar-refractivity contribution in [2.24, 2.45) is 11.1 Å². The summed E-state index contributed by atoms with van der Waals surface area (Å²) in [6.07, 6.45) is 1.65. The fourth-order valence-corrected chi connectivity index (χ4v) is 1.96. The average molecular weight is 262 g/mol. The van der Waals surface area contributed by atoms with Gasteiger partial charge in [0.1, 0.15) is 0 Å². The summed E-state index contributed by atoms with van der Waals surface area (Å²) in [5.74, 6) is 0.178. The lowest BCUT2D eigenvalue weighted by Gasteiger charge is -2.32. The number of rotatable bonds is 6. The van der Waals surface area contributed by atoms with Crippen LogP contribution in [-0.2, 0) is 4.79 Å². The summed E-state index contributed by atoms with van der Waals surface area (Å²) in [7, 11) is 0. The quantitative estimate of drug-likeness (QED) is 0.856. The van der Waals surface area contributed by atoms with Crippen molar-refractivity contribution in [2.45, 2.75) is 40.5 Å². The first-order valence-electron chi connectivity index (χ1n) is 7.01. The molecular weight excluding hydrogens is 236 g/mol. The van der Waals surface area contributed by atoms with E-state index in [0.717, 1.165) is 24.1 Å². The second-order valence-corrected chi connectivity index (χ2v) is 5.62. The number of hydrogen-bond donors (Lipinski definition) is 1. The Kier molecular flexibility index (Phi) is 5.55. The van der Waals surface area contributed by atoms with Crippen LogP contribution in [0.15, 0.2) is 24.3 Å². The number of carbonyl (C=O) groups is 1. The van der Waals surface area contributed by atoms with Crippen LogP contribution in [0.2, 0.25) is 0 Å². The molecule has 0 fully saturated rings. The summed E-state index contributed by atoms with van der Waals surface area (Å²) in [4.78, 5) is 14.6. The topological polar surface area (TPSA) is 46.3 Å². The number of nitrogens with zero attached hydrogens (tertiary/aromatic N) is 1. The number of para-hydroxylation sites is 1. The van der Waals surface area contributed by atoms with Gasteiger partial charge in [-0.3, -0.25) is 4.79 Å². The van der Waals surface area contributed by atoms with Crippen LogP contribution in [0.1, 0.15) is 39.2 Å². The molecule has 0 heterocycles. The molecule has 1 amide bonds. The smallest absolute Gasteiger partial charge is 0.232 e. The van der Waals surface area contributed by atoms with E-state index in [9.17, 15) is 4.79 Å². The first-order chi connectivity index (χ1) is 8.94. The Hall–Kier alpha value is -1.35. The first kappa shape index (κ1) is 15.7. The lowest BCUT2D eigenvalue weighted by molar-refractivity contribution is -0.126. The molecule has 0 bridgehead atoms. The van der Waals surface area contributed by atoms with Gasteiger partial charge >= 0.3 is 0 Å². The van der Waals surface area contributed by atoms with E-state index in [-0.39, 0.29) is 11.3 Å². The van der Waals surface area contributed by atoms with Gasteiger partial charge in [-0.2, -0.15) is 0 Å². The van der Waals surface area contributed by atoms with Gasteiger partial charge in [-0.1, -0.05) is 39.0 Å². The molecule has 19 heavy (non-hydrogen) atoms. The number of amides is 1. The van der Waals surface area contributed by atoms with Crippen molar-refractivity contribution >= 4 is 11.6 Å². The van der Waals surface area contributed by atoms with Gasteiger partial charge in [0.15, 0.2) is 0 Å². The highest BCUT2D eigenvalue weighted by Gasteiger charge is 2.31. The van der Waals surface area contributed by atoms with E-state index in [0.29, 0.717) is 13.1 Å². The minimum absolute atomic E-state index is 0.178. The van der Waals surface area contributed by atoms with Crippen LogP contribution in [0.4, 0.5) is 5.69 Å². The number of nitrogens with two attached hydrogens (primary N) is 1. The minimum atomic E-state index is -0.336. The van der Waals surface area contributed by atoms with Crippen molar-refractivity contribution in [1.29, 1.82) is 0 Å². The lowest BCUT2D eigenvalue weighted by Crippen LogP contribution is -2.42. The van der Waals surface area contributed by atoms with E-state index < -0.39 is 0 Å². The average Bonchev–Trinajstić information content (AvgIpc) is 2.40. The molecule has 1 aromatic rings. The van der Waals surface area contributed by atoms with E-state index in [2.05, 4.69) is 6.92 Å². The van der Waals surface area contributed by atoms with E-state index in [1.807, 2.05) is 49.9 Å². The largest absolute Gasteiger partial charge is 0.330 e. The Bertz CT molecular complexity index is 427. The number of anilines is 1. The highest BCUT2D eigenvalue weighted by atomic mass is 16.2. The Morgan fingerprint density at radius 2 is 1.95 bits per heavy atom. The molecule has 0 radical (unpaired) electrons. The molecule has 2 N–H and O–H groups in total. The molecule has 0 aromatic heterocycles. The molecule has 0 saturated carbocycles. The SMILES string of the molecule is CCC(C)(C)C(=O)N(CCCN)c1ccccc1C. The Morgan fingerprint density at radius 3 is 2.47 bits per heavy atom. The Morgan fingerprint density at radius 1 is 1.32 bits per heavy atom. The summed E-state index contributed by atoms with van der Waals surface area (Å²) in [6, 6.07) is 8.02. The van der Waals surface area contributed by atoms with Gasteiger partial charge in [-0.05, 0) is 37.9 Å². The summed E-state index contributed by atoms with van der Waals surface area (Å²) in [5, 5.41) is 0. The maximum atomic E-state index is 12.7. The van der Waals surface area contributed by atoms with Gasteiger partial charge in [0.05, 0.1) is 0 Å². The predicted octanol–water partition coefficient (Wildman–Crippen LogP) is 3.11. The summed E-state index contributed by atoms with van der Waals surface area (Å²) in [6.45, 7) is 9.38. The standard InChI is InChI=1S/C16H26N2O/c1-5-16(3,4)15(19)18(12-8-11-17)14-10-7-6-9-13(14)2/h6-7,9-10H,5,8,11-12,17H2,1-4H3. The van der Waals surface area contributed by atoms with Gasteiger partial charge in [-0.25, -0.2) is 0 Å². The molecule has 0 atom stereocenters. The third kappa shape index (κ3) is 3.80. The first-order valence-corrected chi connectivity index (χ1v) is 7.01. The third-order valence-corrected chi connectivity index (χ3v) is 3.70. The van der Waals surface area contributed by atoms with Gasteiger partial charge in [0, 0.05) is 17.6 Å². The van der Waals surface area contributed by atoms with Crippen LogP contribution in [-0.4, -0.2) is 19.0 Å². The van der Waals surface area contributed by atoms with E-state index in [1.165, 1.54) is 0 Å². The molecule has 0 saturated heterocycles. The number of benzene rings is 1. The predicted molar refractivity (Wildman–Crippen MR) is 81.3 cm³/mol. The van der Waals surface area contributed by atoms with Crippen molar-refractivity contribution in [3.05, 3.63) is 29.8 Å². The molecular formula is C16H26N2O. The molecule has 3 nitrogen and oxygen atoms in total. The van der Waals surface area contributed by atoms with Crippen molar-refractivity contribution in [1.82, 2.24) is 0 Å². The van der Waals surface area contributed by atoms with Crippen molar-refractivity contribution in [3.63, 3.8) is 0 Å². The van der Waals surface area contributed by atoms with Crippen LogP contribution in [0.5, 0.6) is 0 Å². The molecule has 0 aliphatic carbocycles. The highest BCUT2D eigenvalue weighted by molar-refractivity contribution is 5.97. The molecule has 0 aliphatic heterocycles. The number of hydrogen-bond acceptors (Lipinski definition) is 2. The van der Waals surface area contributed by atoms with Crippen LogP contribution in [0, 0.1) is 12.3 Å². The van der Waals surface area contributed by atoms with Crippen LogP contribution >= 0.6 is 0 Å². The van der Waals surface area contributed by atoms with Crippen LogP contribution < -0.4 is 10.6 Å². The van der Waals surface area contributed by atoms with Crippen molar-refractivity contribution in [2.75, 3.05) is 18.0 Å². The molecule has 0 unspecified atom stereocenters. The molecule has 0 spiro atoms. The monoisotopic (exact) mass is 262 g/mol. The molecule has 0 aliphatic rings. The number of aryl methyl sites for hydroxylation is 1. The lowest BCUT2D eigenvalue weighted by atomic mass is 9.88. The zero-order valence-electron chi connectivity index (χ0n) is 12.6. The maximum absolute atomic E-state index is 12.7. The normalized spacial score (nSPS) is 11.4. The molecule has 1 rings (SSSR count). The highest BCUT2D eigenvalue weighted by Crippen LogP contribution is 2.28. The van der Waals surface area contributed by atoms with Gasteiger partial charge in [-0.15, -0.1) is 0 Å². The van der Waals surface area contributed by atoms with Crippen LogP contribution in [0.3, 0.4) is 0 Å².